The molecule has 2 aromatic heterocycles. The summed E-state index contributed by atoms with van der Waals surface area (Å²) in [7, 11) is 0. The first-order valence-corrected chi connectivity index (χ1v) is 8.30. The molecule has 12 heteroatoms. The van der Waals surface area contributed by atoms with Crippen LogP contribution in [0.25, 0.3) is 17.1 Å². The standard InChI is InChI=1S/C18H10F4N6O2/c19-11-3-7-13(8-4-11)28-15(18(20,21)22)14(25-27-28)16(29)24-12-5-1-10(2-6-12)17-26-23-9-30-17/h1-9H,(H,24,29). The number of nitrogens with zero attached hydrogens (tertiary/aromatic N) is 5. The van der Waals surface area contributed by atoms with Crippen LogP contribution < -0.4 is 5.32 Å². The molecule has 0 unspecified atom stereocenters. The van der Waals surface area contributed by atoms with Crippen molar-refractivity contribution in [2.24, 2.45) is 0 Å². The third-order valence-corrected chi connectivity index (χ3v) is 3.97. The lowest BCUT2D eigenvalue weighted by Crippen LogP contribution is -2.21. The lowest BCUT2D eigenvalue weighted by atomic mass is 10.2. The van der Waals surface area contributed by atoms with Crippen molar-refractivity contribution in [3.63, 3.8) is 0 Å². The maximum Gasteiger partial charge on any atom is 0.435 e. The van der Waals surface area contributed by atoms with Crippen molar-refractivity contribution in [2.45, 2.75) is 6.18 Å². The van der Waals surface area contributed by atoms with Gasteiger partial charge in [-0.1, -0.05) is 5.21 Å². The Morgan fingerprint density at radius 2 is 1.70 bits per heavy atom. The molecule has 4 rings (SSSR count). The van der Waals surface area contributed by atoms with Gasteiger partial charge in [0.1, 0.15) is 5.82 Å². The van der Waals surface area contributed by atoms with Crippen LogP contribution in [-0.2, 0) is 6.18 Å². The Morgan fingerprint density at radius 1 is 1.00 bits per heavy atom. The Kier molecular flexibility index (Phi) is 4.74. The number of hydrogen-bond acceptors (Lipinski definition) is 6. The minimum atomic E-state index is -4.94. The average Bonchev–Trinajstić information content (AvgIpc) is 3.39. The molecule has 0 fully saturated rings. The predicted molar refractivity (Wildman–Crippen MR) is 94.0 cm³/mol. The van der Waals surface area contributed by atoms with Crippen LogP contribution in [0.2, 0.25) is 0 Å². The van der Waals surface area contributed by atoms with Gasteiger partial charge in [0.25, 0.3) is 5.91 Å². The van der Waals surface area contributed by atoms with E-state index in [2.05, 4.69) is 25.8 Å². The molecule has 1 N–H and O–H groups in total. The van der Waals surface area contributed by atoms with Gasteiger partial charge in [-0.05, 0) is 48.5 Å². The van der Waals surface area contributed by atoms with E-state index in [1.807, 2.05) is 0 Å². The van der Waals surface area contributed by atoms with Crippen molar-refractivity contribution < 1.29 is 26.8 Å². The van der Waals surface area contributed by atoms with Gasteiger partial charge in [-0.3, -0.25) is 4.79 Å². The minimum absolute atomic E-state index is 0.0980. The molecule has 0 atom stereocenters. The number of aromatic nitrogens is 5. The summed E-state index contributed by atoms with van der Waals surface area (Å²) >= 11 is 0. The lowest BCUT2D eigenvalue weighted by molar-refractivity contribution is -0.143. The summed E-state index contributed by atoms with van der Waals surface area (Å²) in [5.74, 6) is -1.50. The van der Waals surface area contributed by atoms with Crippen LogP contribution >= 0.6 is 0 Å². The average molecular weight is 418 g/mol. The van der Waals surface area contributed by atoms with E-state index in [0.717, 1.165) is 30.7 Å². The van der Waals surface area contributed by atoms with Crippen LogP contribution in [0.3, 0.4) is 0 Å². The van der Waals surface area contributed by atoms with Gasteiger partial charge < -0.3 is 9.73 Å². The van der Waals surface area contributed by atoms with Crippen LogP contribution in [0, 0.1) is 5.82 Å². The Balaban J connectivity index is 1.63. The zero-order valence-electron chi connectivity index (χ0n) is 14.8. The number of carbonyl (C=O) groups is 1. The quantitative estimate of drug-likeness (QED) is 0.507. The fourth-order valence-corrected chi connectivity index (χ4v) is 2.64. The van der Waals surface area contributed by atoms with E-state index in [1.54, 1.807) is 12.1 Å². The first-order valence-electron chi connectivity index (χ1n) is 8.30. The number of amides is 1. The van der Waals surface area contributed by atoms with Gasteiger partial charge in [0, 0.05) is 11.3 Å². The van der Waals surface area contributed by atoms with Gasteiger partial charge in [0.15, 0.2) is 11.4 Å². The third kappa shape index (κ3) is 3.74. The summed E-state index contributed by atoms with van der Waals surface area (Å²) in [5, 5.41) is 16.4. The first-order chi connectivity index (χ1) is 14.3. The van der Waals surface area contributed by atoms with E-state index in [0.29, 0.717) is 10.2 Å². The van der Waals surface area contributed by atoms with E-state index < -0.39 is 29.3 Å². The topological polar surface area (TPSA) is 98.7 Å². The first kappa shape index (κ1) is 19.2. The van der Waals surface area contributed by atoms with Crippen molar-refractivity contribution in [1.29, 1.82) is 0 Å². The predicted octanol–water partition coefficient (Wildman–Crippen LogP) is 3.73. The molecule has 0 saturated heterocycles. The summed E-state index contributed by atoms with van der Waals surface area (Å²) in [5.41, 5.74) is -1.63. The maximum atomic E-state index is 13.6. The maximum absolute atomic E-state index is 13.6. The number of nitrogens with one attached hydrogen (secondary N) is 1. The Morgan fingerprint density at radius 3 is 2.30 bits per heavy atom. The van der Waals surface area contributed by atoms with E-state index in [4.69, 9.17) is 4.42 Å². The van der Waals surface area contributed by atoms with E-state index in [9.17, 15) is 22.4 Å². The minimum Gasteiger partial charge on any atom is -0.423 e. The zero-order chi connectivity index (χ0) is 21.3. The number of rotatable bonds is 4. The second-order valence-electron chi connectivity index (χ2n) is 5.95. The molecular weight excluding hydrogens is 408 g/mol. The Bertz CT molecular complexity index is 1170. The molecule has 4 aromatic rings. The molecule has 8 nitrogen and oxygen atoms in total. The third-order valence-electron chi connectivity index (χ3n) is 3.97. The van der Waals surface area contributed by atoms with Gasteiger partial charge in [0.2, 0.25) is 12.3 Å². The van der Waals surface area contributed by atoms with Crippen molar-refractivity contribution in [3.05, 3.63) is 72.1 Å². The fourth-order valence-electron chi connectivity index (χ4n) is 2.64. The van der Waals surface area contributed by atoms with Crippen molar-refractivity contribution in [3.8, 4) is 17.1 Å². The van der Waals surface area contributed by atoms with Gasteiger partial charge in [-0.25, -0.2) is 9.07 Å². The van der Waals surface area contributed by atoms with Gasteiger partial charge in [-0.15, -0.1) is 15.3 Å². The molecule has 0 aliphatic rings. The Labute approximate surface area is 165 Å². The summed E-state index contributed by atoms with van der Waals surface area (Å²) < 4.78 is 59.5. The molecular formula is C18H10F4N6O2. The summed E-state index contributed by atoms with van der Waals surface area (Å²) in [6.07, 6.45) is -3.79. The SMILES string of the molecule is O=C(Nc1ccc(-c2nnco2)cc1)c1nnn(-c2ccc(F)cc2)c1C(F)(F)F. The summed E-state index contributed by atoms with van der Waals surface area (Å²) in [6, 6.07) is 10.1. The van der Waals surface area contributed by atoms with Gasteiger partial charge in [0.05, 0.1) is 5.69 Å². The molecule has 0 radical (unpaired) electrons. The van der Waals surface area contributed by atoms with E-state index in [-0.39, 0.29) is 17.3 Å². The fraction of sp³-hybridized carbons (Fsp3) is 0.0556. The van der Waals surface area contributed by atoms with Crippen molar-refractivity contribution in [1.82, 2.24) is 25.2 Å². The summed E-state index contributed by atoms with van der Waals surface area (Å²) in [4.78, 5) is 12.5. The monoisotopic (exact) mass is 418 g/mol. The zero-order valence-corrected chi connectivity index (χ0v) is 14.8. The highest BCUT2D eigenvalue weighted by molar-refractivity contribution is 6.03. The molecule has 0 bridgehead atoms. The second-order valence-corrected chi connectivity index (χ2v) is 5.95. The highest BCUT2D eigenvalue weighted by atomic mass is 19.4. The molecule has 152 valence electrons. The number of anilines is 1. The van der Waals surface area contributed by atoms with Crippen LogP contribution in [-0.4, -0.2) is 31.1 Å². The summed E-state index contributed by atoms with van der Waals surface area (Å²) in [6.45, 7) is 0. The van der Waals surface area contributed by atoms with E-state index in [1.165, 1.54) is 12.1 Å². The van der Waals surface area contributed by atoms with Crippen LogP contribution in [0.15, 0.2) is 59.3 Å². The highest BCUT2D eigenvalue weighted by Gasteiger charge is 2.42. The van der Waals surface area contributed by atoms with Crippen LogP contribution in [0.4, 0.5) is 23.2 Å². The molecule has 30 heavy (non-hydrogen) atoms. The van der Waals surface area contributed by atoms with Crippen molar-refractivity contribution in [2.75, 3.05) is 5.32 Å². The molecule has 2 heterocycles. The number of benzene rings is 2. The molecule has 2 aromatic carbocycles. The molecule has 1 amide bonds. The van der Waals surface area contributed by atoms with Crippen LogP contribution in [0.5, 0.6) is 0 Å². The Hall–Kier alpha value is -4.09. The van der Waals surface area contributed by atoms with Gasteiger partial charge in [-0.2, -0.15) is 13.2 Å². The van der Waals surface area contributed by atoms with Gasteiger partial charge >= 0.3 is 6.18 Å². The largest absolute Gasteiger partial charge is 0.435 e. The number of halogens is 4. The van der Waals surface area contributed by atoms with Crippen LogP contribution in [0.1, 0.15) is 16.2 Å². The number of alkyl halides is 3. The number of hydrogen-bond donors (Lipinski definition) is 1. The molecule has 0 aliphatic heterocycles. The second kappa shape index (κ2) is 7.39. The smallest absolute Gasteiger partial charge is 0.423 e. The normalized spacial score (nSPS) is 11.5. The molecule has 0 spiro atoms. The lowest BCUT2D eigenvalue weighted by Gasteiger charge is -2.11. The number of carbonyl (C=O) groups excluding carboxylic acids is 1. The molecule has 0 aliphatic carbocycles. The molecule has 0 saturated carbocycles. The highest BCUT2D eigenvalue weighted by Crippen LogP contribution is 2.33. The van der Waals surface area contributed by atoms with E-state index >= 15 is 0 Å². The van der Waals surface area contributed by atoms with Crippen molar-refractivity contribution >= 4 is 11.6 Å².